The van der Waals surface area contributed by atoms with E-state index < -0.39 is 11.8 Å². The molecule has 0 bridgehead atoms. The van der Waals surface area contributed by atoms with Crippen LogP contribution in [0.3, 0.4) is 0 Å². The SMILES string of the molecule is CCCOc1ccc(C=NNC(=O)CC(=O)Nc2ccc(Cl)cc2)cc1OC. The van der Waals surface area contributed by atoms with Crippen molar-refractivity contribution in [2.24, 2.45) is 5.10 Å². The molecule has 0 aliphatic carbocycles. The second kappa shape index (κ2) is 10.9. The van der Waals surface area contributed by atoms with Crippen molar-refractivity contribution in [1.82, 2.24) is 5.43 Å². The number of nitrogens with zero attached hydrogens (tertiary/aromatic N) is 1. The number of amides is 2. The summed E-state index contributed by atoms with van der Waals surface area (Å²) >= 11 is 5.78. The minimum atomic E-state index is -0.530. The highest BCUT2D eigenvalue weighted by molar-refractivity contribution is 6.30. The van der Waals surface area contributed by atoms with Crippen LogP contribution in [0.1, 0.15) is 25.3 Å². The number of hydrogen-bond acceptors (Lipinski definition) is 5. The van der Waals surface area contributed by atoms with Crippen LogP contribution in [-0.4, -0.2) is 31.7 Å². The third-order valence-corrected chi connectivity index (χ3v) is 3.75. The molecule has 0 heterocycles. The molecule has 0 radical (unpaired) electrons. The summed E-state index contributed by atoms with van der Waals surface area (Å²) in [5.41, 5.74) is 3.59. The summed E-state index contributed by atoms with van der Waals surface area (Å²) in [6.45, 7) is 2.61. The molecule has 0 fully saturated rings. The number of anilines is 1. The highest BCUT2D eigenvalue weighted by Gasteiger charge is 2.09. The van der Waals surface area contributed by atoms with E-state index in [-0.39, 0.29) is 6.42 Å². The Morgan fingerprint density at radius 2 is 1.86 bits per heavy atom. The Morgan fingerprint density at radius 3 is 2.54 bits per heavy atom. The zero-order valence-electron chi connectivity index (χ0n) is 15.7. The van der Waals surface area contributed by atoms with Crippen molar-refractivity contribution in [2.45, 2.75) is 19.8 Å². The van der Waals surface area contributed by atoms with Gasteiger partial charge in [-0.25, -0.2) is 5.43 Å². The Hall–Kier alpha value is -3.06. The lowest BCUT2D eigenvalue weighted by Gasteiger charge is -2.10. The molecule has 0 unspecified atom stereocenters. The molecule has 8 heteroatoms. The fraction of sp³-hybridized carbons (Fsp3) is 0.250. The Morgan fingerprint density at radius 1 is 1.11 bits per heavy atom. The van der Waals surface area contributed by atoms with Gasteiger partial charge in [0.2, 0.25) is 11.8 Å². The Kier molecular flexibility index (Phi) is 8.30. The van der Waals surface area contributed by atoms with Gasteiger partial charge in [-0.05, 0) is 54.4 Å². The van der Waals surface area contributed by atoms with Crippen molar-refractivity contribution < 1.29 is 19.1 Å². The van der Waals surface area contributed by atoms with Crippen LogP contribution in [0.2, 0.25) is 5.02 Å². The van der Waals surface area contributed by atoms with E-state index >= 15 is 0 Å². The molecule has 7 nitrogen and oxygen atoms in total. The second-order valence-electron chi connectivity index (χ2n) is 5.78. The maximum absolute atomic E-state index is 11.9. The van der Waals surface area contributed by atoms with Gasteiger partial charge in [-0.1, -0.05) is 18.5 Å². The summed E-state index contributed by atoms with van der Waals surface area (Å²) < 4.78 is 10.9. The molecule has 0 saturated heterocycles. The number of carbonyl (C=O) groups excluding carboxylic acids is 2. The van der Waals surface area contributed by atoms with Gasteiger partial charge in [-0.2, -0.15) is 5.10 Å². The smallest absolute Gasteiger partial charge is 0.249 e. The average molecular weight is 404 g/mol. The number of ether oxygens (including phenoxy) is 2. The van der Waals surface area contributed by atoms with Gasteiger partial charge in [0.1, 0.15) is 6.42 Å². The predicted octanol–water partition coefficient (Wildman–Crippen LogP) is 3.62. The van der Waals surface area contributed by atoms with Crippen LogP contribution in [-0.2, 0) is 9.59 Å². The van der Waals surface area contributed by atoms with Crippen LogP contribution in [0.15, 0.2) is 47.6 Å². The molecule has 2 aromatic rings. The summed E-state index contributed by atoms with van der Waals surface area (Å²) in [7, 11) is 1.55. The van der Waals surface area contributed by atoms with Crippen molar-refractivity contribution in [3.8, 4) is 11.5 Å². The van der Waals surface area contributed by atoms with Gasteiger partial charge in [0.15, 0.2) is 11.5 Å². The molecule has 0 atom stereocenters. The van der Waals surface area contributed by atoms with Gasteiger partial charge in [0.25, 0.3) is 0 Å². The minimum Gasteiger partial charge on any atom is -0.493 e. The number of hydrazone groups is 1. The van der Waals surface area contributed by atoms with Crippen LogP contribution in [0, 0.1) is 0 Å². The van der Waals surface area contributed by atoms with Crippen molar-refractivity contribution in [3.63, 3.8) is 0 Å². The lowest BCUT2D eigenvalue weighted by atomic mass is 10.2. The number of hydrogen-bond donors (Lipinski definition) is 2. The number of methoxy groups -OCH3 is 1. The summed E-state index contributed by atoms with van der Waals surface area (Å²) in [5, 5.41) is 7.03. The van der Waals surface area contributed by atoms with Crippen molar-refractivity contribution >= 4 is 35.3 Å². The standard InChI is InChI=1S/C20H22ClN3O4/c1-3-10-28-17-9-4-14(11-18(17)27-2)13-22-24-20(26)12-19(25)23-16-7-5-15(21)6-8-16/h4-9,11,13H,3,10,12H2,1-2H3,(H,23,25)(H,24,26). The fourth-order valence-electron chi connectivity index (χ4n) is 2.20. The fourth-order valence-corrected chi connectivity index (χ4v) is 2.32. The average Bonchev–Trinajstić information content (AvgIpc) is 2.68. The van der Waals surface area contributed by atoms with Gasteiger partial charge >= 0.3 is 0 Å². The van der Waals surface area contributed by atoms with E-state index in [0.717, 1.165) is 6.42 Å². The normalized spacial score (nSPS) is 10.5. The van der Waals surface area contributed by atoms with E-state index in [1.807, 2.05) is 6.92 Å². The first kappa shape index (κ1) is 21.2. The Bertz CT molecular complexity index is 838. The van der Waals surface area contributed by atoms with E-state index in [1.165, 1.54) is 6.21 Å². The lowest BCUT2D eigenvalue weighted by molar-refractivity contribution is -0.126. The van der Waals surface area contributed by atoms with Crippen molar-refractivity contribution in [1.29, 1.82) is 0 Å². The number of halogens is 1. The van der Waals surface area contributed by atoms with E-state index in [2.05, 4.69) is 15.8 Å². The van der Waals surface area contributed by atoms with E-state index in [4.69, 9.17) is 21.1 Å². The van der Waals surface area contributed by atoms with E-state index in [1.54, 1.807) is 49.6 Å². The summed E-state index contributed by atoms with van der Waals surface area (Å²) in [6.07, 6.45) is 2.00. The quantitative estimate of drug-likeness (QED) is 0.380. The molecule has 2 N–H and O–H groups in total. The zero-order chi connectivity index (χ0) is 20.4. The first-order valence-electron chi connectivity index (χ1n) is 8.70. The van der Waals surface area contributed by atoms with Gasteiger partial charge in [0, 0.05) is 10.7 Å². The molecular weight excluding hydrogens is 382 g/mol. The monoisotopic (exact) mass is 403 g/mol. The molecule has 0 saturated carbocycles. The molecule has 0 spiro atoms. The van der Waals surface area contributed by atoms with Crippen LogP contribution < -0.4 is 20.2 Å². The second-order valence-corrected chi connectivity index (χ2v) is 6.22. The van der Waals surface area contributed by atoms with Crippen LogP contribution in [0.5, 0.6) is 11.5 Å². The number of benzene rings is 2. The molecule has 28 heavy (non-hydrogen) atoms. The Labute approximate surface area is 168 Å². The molecule has 0 aliphatic heterocycles. The zero-order valence-corrected chi connectivity index (χ0v) is 16.5. The minimum absolute atomic E-state index is 0.354. The maximum Gasteiger partial charge on any atom is 0.249 e. The summed E-state index contributed by atoms with van der Waals surface area (Å²) in [4.78, 5) is 23.7. The molecule has 2 amide bonds. The lowest BCUT2D eigenvalue weighted by Crippen LogP contribution is -2.24. The summed E-state index contributed by atoms with van der Waals surface area (Å²) in [5.74, 6) is 0.238. The predicted molar refractivity (Wildman–Crippen MR) is 109 cm³/mol. The molecule has 0 aliphatic rings. The highest BCUT2D eigenvalue weighted by atomic mass is 35.5. The largest absolute Gasteiger partial charge is 0.493 e. The number of carbonyl (C=O) groups is 2. The molecule has 2 aromatic carbocycles. The van der Waals surface area contributed by atoms with Crippen LogP contribution in [0.4, 0.5) is 5.69 Å². The van der Waals surface area contributed by atoms with Crippen molar-refractivity contribution in [3.05, 3.63) is 53.1 Å². The third kappa shape index (κ3) is 6.92. The first-order chi connectivity index (χ1) is 13.5. The van der Waals surface area contributed by atoms with Gasteiger partial charge in [-0.15, -0.1) is 0 Å². The van der Waals surface area contributed by atoms with Crippen LogP contribution in [0.25, 0.3) is 0 Å². The van der Waals surface area contributed by atoms with Gasteiger partial charge in [0.05, 0.1) is 19.9 Å². The molecule has 2 rings (SSSR count). The van der Waals surface area contributed by atoms with E-state index in [9.17, 15) is 9.59 Å². The molecular formula is C20H22ClN3O4. The van der Waals surface area contributed by atoms with E-state index in [0.29, 0.717) is 34.4 Å². The molecule has 148 valence electrons. The van der Waals surface area contributed by atoms with Crippen LogP contribution >= 0.6 is 11.6 Å². The van der Waals surface area contributed by atoms with Gasteiger partial charge in [-0.3, -0.25) is 9.59 Å². The first-order valence-corrected chi connectivity index (χ1v) is 9.07. The number of nitrogens with one attached hydrogen (secondary N) is 2. The third-order valence-electron chi connectivity index (χ3n) is 3.50. The Balaban J connectivity index is 1.85. The summed E-state index contributed by atoms with van der Waals surface area (Å²) in [6, 6.07) is 11.9. The maximum atomic E-state index is 11.9. The van der Waals surface area contributed by atoms with Gasteiger partial charge < -0.3 is 14.8 Å². The highest BCUT2D eigenvalue weighted by Crippen LogP contribution is 2.27. The number of rotatable bonds is 9. The van der Waals surface area contributed by atoms with Crippen molar-refractivity contribution in [2.75, 3.05) is 19.0 Å². The molecule has 0 aromatic heterocycles. The topological polar surface area (TPSA) is 89.0 Å².